The van der Waals surface area contributed by atoms with E-state index in [1.807, 2.05) is 0 Å². The molecule has 0 saturated carbocycles. The first-order valence-corrected chi connectivity index (χ1v) is 1.68. The number of hydrogen-bond donors (Lipinski definition) is 1. The standard InChI is InChI=1S/C4H4FN/c5-4-2-1-3-6-4/h1-3,6H. The first-order valence-electron chi connectivity index (χ1n) is 1.68. The highest BCUT2D eigenvalue weighted by Gasteiger charge is 1.77. The van der Waals surface area contributed by atoms with E-state index >= 15 is 0 Å². The van der Waals surface area contributed by atoms with E-state index < -0.39 is 0 Å². The van der Waals surface area contributed by atoms with Gasteiger partial charge in [-0.15, -0.1) is 0 Å². The van der Waals surface area contributed by atoms with Crippen molar-refractivity contribution in [3.8, 4) is 0 Å². The van der Waals surface area contributed by atoms with Gasteiger partial charge in [-0.2, -0.15) is 4.39 Å². The molecule has 1 aromatic heterocycles. The summed E-state index contributed by atoms with van der Waals surface area (Å²) >= 11 is 0. The summed E-state index contributed by atoms with van der Waals surface area (Å²) in [5.41, 5.74) is 0. The molecule has 0 fully saturated rings. The number of hydrogen-bond acceptors (Lipinski definition) is 0. The molecule has 0 aliphatic heterocycles. The summed E-state index contributed by atoms with van der Waals surface area (Å²) in [6.45, 7) is 0. The average molecular weight is 85.1 g/mol. The van der Waals surface area contributed by atoms with Crippen molar-refractivity contribution in [2.24, 2.45) is 0 Å². The van der Waals surface area contributed by atoms with E-state index in [9.17, 15) is 4.39 Å². The highest BCUT2D eigenvalue weighted by molar-refractivity contribution is 4.88. The zero-order valence-corrected chi connectivity index (χ0v) is 3.11. The zero-order chi connectivity index (χ0) is 4.41. The van der Waals surface area contributed by atoms with Crippen molar-refractivity contribution in [3.05, 3.63) is 24.3 Å². The Morgan fingerprint density at radius 3 is 2.67 bits per heavy atom. The molecule has 0 atom stereocenters. The quantitative estimate of drug-likeness (QED) is 0.486. The highest BCUT2D eigenvalue weighted by atomic mass is 19.1. The van der Waals surface area contributed by atoms with E-state index in [1.165, 1.54) is 12.3 Å². The Morgan fingerprint density at radius 1 is 1.67 bits per heavy atom. The van der Waals surface area contributed by atoms with Crippen LogP contribution in [0.4, 0.5) is 4.39 Å². The largest absolute Gasteiger partial charge is 0.339 e. The molecule has 0 spiro atoms. The Labute approximate surface area is 34.8 Å². The van der Waals surface area contributed by atoms with Crippen molar-refractivity contribution in [1.82, 2.24) is 4.98 Å². The number of aromatic amines is 1. The van der Waals surface area contributed by atoms with Gasteiger partial charge in [0.15, 0.2) is 5.95 Å². The topological polar surface area (TPSA) is 15.8 Å². The summed E-state index contributed by atoms with van der Waals surface area (Å²) in [4.78, 5) is 2.33. The zero-order valence-electron chi connectivity index (χ0n) is 3.11. The summed E-state index contributed by atoms with van der Waals surface area (Å²) in [7, 11) is 0. The molecule has 0 aromatic carbocycles. The van der Waals surface area contributed by atoms with Gasteiger partial charge < -0.3 is 4.98 Å². The molecule has 1 nitrogen and oxygen atoms in total. The molecule has 1 N–H and O–H groups in total. The maximum atomic E-state index is 11.6. The lowest BCUT2D eigenvalue weighted by molar-refractivity contribution is 0.591. The van der Waals surface area contributed by atoms with E-state index in [1.54, 1.807) is 6.07 Å². The minimum absolute atomic E-state index is 0.282. The Morgan fingerprint density at radius 2 is 2.50 bits per heavy atom. The van der Waals surface area contributed by atoms with Crippen LogP contribution < -0.4 is 0 Å². The van der Waals surface area contributed by atoms with Gasteiger partial charge in [-0.25, -0.2) is 0 Å². The molecular formula is C4H4FN. The fourth-order valence-corrected chi connectivity index (χ4v) is 0.308. The van der Waals surface area contributed by atoms with E-state index in [0.717, 1.165) is 0 Å². The second kappa shape index (κ2) is 1.12. The molecule has 0 unspecified atom stereocenters. The molecule has 1 rings (SSSR count). The molecule has 1 aromatic rings. The first-order chi connectivity index (χ1) is 2.89. The van der Waals surface area contributed by atoms with Gasteiger partial charge in [-0.3, -0.25) is 0 Å². The van der Waals surface area contributed by atoms with Crippen LogP contribution >= 0.6 is 0 Å². The predicted octanol–water partition coefficient (Wildman–Crippen LogP) is 1.15. The van der Waals surface area contributed by atoms with Crippen LogP contribution in [-0.2, 0) is 0 Å². The van der Waals surface area contributed by atoms with Crippen LogP contribution in [-0.4, -0.2) is 4.98 Å². The number of rotatable bonds is 0. The third-order valence-electron chi connectivity index (χ3n) is 0.560. The van der Waals surface area contributed by atoms with E-state index in [4.69, 9.17) is 0 Å². The second-order valence-electron chi connectivity index (χ2n) is 1.02. The fraction of sp³-hybridized carbons (Fsp3) is 0. The molecule has 1 heterocycles. The lowest BCUT2D eigenvalue weighted by atomic mass is 10.7. The Balaban J connectivity index is 3.05. The average Bonchev–Trinajstić information content (AvgIpc) is 1.86. The van der Waals surface area contributed by atoms with Gasteiger partial charge in [0.25, 0.3) is 0 Å². The van der Waals surface area contributed by atoms with Crippen LogP contribution in [0, 0.1) is 5.95 Å². The van der Waals surface area contributed by atoms with Crippen molar-refractivity contribution in [2.75, 3.05) is 0 Å². The van der Waals surface area contributed by atoms with Gasteiger partial charge in [0.2, 0.25) is 0 Å². The Bertz CT molecular complexity index is 111. The van der Waals surface area contributed by atoms with Crippen molar-refractivity contribution in [3.63, 3.8) is 0 Å². The molecule has 0 aliphatic rings. The van der Waals surface area contributed by atoms with Crippen molar-refractivity contribution in [2.45, 2.75) is 0 Å². The van der Waals surface area contributed by atoms with Gasteiger partial charge in [0, 0.05) is 6.20 Å². The van der Waals surface area contributed by atoms with E-state index in [2.05, 4.69) is 4.98 Å². The van der Waals surface area contributed by atoms with Crippen molar-refractivity contribution in [1.29, 1.82) is 0 Å². The Hall–Kier alpha value is -0.790. The summed E-state index contributed by atoms with van der Waals surface area (Å²) < 4.78 is 11.6. The number of aromatic nitrogens is 1. The summed E-state index contributed by atoms with van der Waals surface area (Å²) in [6.07, 6.45) is 1.54. The SMILES string of the molecule is Fc1ccc[nH]1. The molecule has 0 bridgehead atoms. The third-order valence-corrected chi connectivity index (χ3v) is 0.560. The Kier molecular flexibility index (Phi) is 0.638. The summed E-state index contributed by atoms with van der Waals surface area (Å²) in [5.74, 6) is -0.282. The molecule has 0 saturated heterocycles. The molecule has 6 heavy (non-hydrogen) atoms. The van der Waals surface area contributed by atoms with Crippen molar-refractivity contribution >= 4 is 0 Å². The van der Waals surface area contributed by atoms with Gasteiger partial charge in [0.05, 0.1) is 0 Å². The van der Waals surface area contributed by atoms with Crippen LogP contribution in [0.3, 0.4) is 0 Å². The van der Waals surface area contributed by atoms with Gasteiger partial charge in [-0.1, -0.05) is 0 Å². The highest BCUT2D eigenvalue weighted by Crippen LogP contribution is 1.86. The fourth-order valence-electron chi connectivity index (χ4n) is 0.308. The van der Waals surface area contributed by atoms with Gasteiger partial charge in [-0.05, 0) is 12.1 Å². The smallest absolute Gasteiger partial charge is 0.191 e. The lowest BCUT2D eigenvalue weighted by Gasteiger charge is -1.64. The van der Waals surface area contributed by atoms with Crippen LogP contribution in [0.1, 0.15) is 0 Å². The number of nitrogens with one attached hydrogen (secondary N) is 1. The second-order valence-corrected chi connectivity index (χ2v) is 1.02. The van der Waals surface area contributed by atoms with Gasteiger partial charge in [0.1, 0.15) is 0 Å². The van der Waals surface area contributed by atoms with E-state index in [0.29, 0.717) is 0 Å². The van der Waals surface area contributed by atoms with Gasteiger partial charge >= 0.3 is 0 Å². The monoisotopic (exact) mass is 85.0 g/mol. The lowest BCUT2D eigenvalue weighted by Crippen LogP contribution is -1.61. The molecular weight excluding hydrogens is 81.0 g/mol. The van der Waals surface area contributed by atoms with Crippen LogP contribution in [0.2, 0.25) is 0 Å². The molecule has 0 radical (unpaired) electrons. The maximum Gasteiger partial charge on any atom is 0.191 e. The predicted molar refractivity (Wildman–Crippen MR) is 20.8 cm³/mol. The number of H-pyrrole nitrogens is 1. The molecule has 32 valence electrons. The molecule has 0 aliphatic carbocycles. The first kappa shape index (κ1) is 3.40. The number of halogens is 1. The summed E-state index contributed by atoms with van der Waals surface area (Å²) in [6, 6.07) is 2.97. The van der Waals surface area contributed by atoms with E-state index in [-0.39, 0.29) is 5.95 Å². The summed E-state index contributed by atoms with van der Waals surface area (Å²) in [5, 5.41) is 0. The third kappa shape index (κ3) is 0.407. The molecule has 0 amide bonds. The van der Waals surface area contributed by atoms with Crippen molar-refractivity contribution < 1.29 is 4.39 Å². The maximum absolute atomic E-state index is 11.6. The minimum Gasteiger partial charge on any atom is -0.339 e. The van der Waals surface area contributed by atoms with Crippen LogP contribution in [0.15, 0.2) is 18.3 Å². The molecule has 2 heteroatoms. The minimum atomic E-state index is -0.282. The van der Waals surface area contributed by atoms with Crippen LogP contribution in [0.5, 0.6) is 0 Å². The van der Waals surface area contributed by atoms with Crippen LogP contribution in [0.25, 0.3) is 0 Å². The normalized spacial score (nSPS) is 8.83.